The number of sulfonamides is 1. The van der Waals surface area contributed by atoms with Gasteiger partial charge in [-0.2, -0.15) is 4.31 Å². The first-order valence-corrected chi connectivity index (χ1v) is 12.0. The largest absolute Gasteiger partial charge is 0.449 e. The molecule has 0 radical (unpaired) electrons. The first kappa shape index (κ1) is 21.5. The van der Waals surface area contributed by atoms with Crippen molar-refractivity contribution in [3.05, 3.63) is 59.7 Å². The Bertz CT molecular complexity index is 1090. The maximum atomic E-state index is 12.9. The van der Waals surface area contributed by atoms with Gasteiger partial charge >= 0.3 is 5.97 Å². The molecule has 0 aliphatic carbocycles. The number of amides is 1. The lowest BCUT2D eigenvalue weighted by atomic mass is 10.2. The van der Waals surface area contributed by atoms with Crippen molar-refractivity contribution in [3.8, 4) is 0 Å². The van der Waals surface area contributed by atoms with E-state index in [-0.39, 0.29) is 16.4 Å². The fourth-order valence-electron chi connectivity index (χ4n) is 4.10. The van der Waals surface area contributed by atoms with Crippen LogP contribution in [-0.4, -0.2) is 50.3 Å². The topological polar surface area (TPSA) is 84.0 Å². The lowest BCUT2D eigenvalue weighted by Gasteiger charge is -2.26. The zero-order valence-corrected chi connectivity index (χ0v) is 18.3. The number of carbonyl (C=O) groups excluding carboxylic acids is 2. The van der Waals surface area contributed by atoms with Gasteiger partial charge in [-0.1, -0.05) is 30.7 Å². The molecule has 2 aromatic carbocycles. The van der Waals surface area contributed by atoms with Gasteiger partial charge in [0, 0.05) is 25.3 Å². The average Bonchev–Trinajstić information content (AvgIpc) is 3.23. The number of carbonyl (C=O) groups is 2. The van der Waals surface area contributed by atoms with Crippen LogP contribution in [0.5, 0.6) is 0 Å². The van der Waals surface area contributed by atoms with E-state index < -0.39 is 22.1 Å². The Morgan fingerprint density at radius 2 is 1.71 bits per heavy atom. The Hall–Kier alpha value is -2.71. The SMILES string of the molecule is C[C@@H](OC(=O)c1cccc(S(=O)(=O)N2CCCCC2)c1)C(=O)N1CCc2ccccc21. The van der Waals surface area contributed by atoms with Gasteiger partial charge < -0.3 is 9.64 Å². The third-order valence-electron chi connectivity index (χ3n) is 5.81. The first-order valence-electron chi connectivity index (χ1n) is 10.6. The van der Waals surface area contributed by atoms with Gasteiger partial charge in [0.1, 0.15) is 0 Å². The molecule has 0 bridgehead atoms. The predicted molar refractivity (Wildman–Crippen MR) is 116 cm³/mol. The summed E-state index contributed by atoms with van der Waals surface area (Å²) in [7, 11) is -3.66. The van der Waals surface area contributed by atoms with Crippen molar-refractivity contribution in [2.75, 3.05) is 24.5 Å². The molecule has 7 nitrogen and oxygen atoms in total. The number of hydrogen-bond donors (Lipinski definition) is 0. The number of esters is 1. The molecule has 31 heavy (non-hydrogen) atoms. The van der Waals surface area contributed by atoms with Crippen molar-refractivity contribution in [1.82, 2.24) is 4.31 Å². The van der Waals surface area contributed by atoms with Crippen LogP contribution in [0.1, 0.15) is 42.1 Å². The second kappa shape index (κ2) is 8.80. The van der Waals surface area contributed by atoms with Crippen molar-refractivity contribution in [2.45, 2.75) is 43.6 Å². The summed E-state index contributed by atoms with van der Waals surface area (Å²) in [6.07, 6.45) is 2.46. The molecule has 0 spiro atoms. The molecule has 0 N–H and O–H groups in total. The Labute approximate surface area is 182 Å². The zero-order chi connectivity index (χ0) is 22.0. The summed E-state index contributed by atoms with van der Waals surface area (Å²) in [5.41, 5.74) is 2.04. The van der Waals surface area contributed by atoms with Gasteiger partial charge in [-0.25, -0.2) is 13.2 Å². The highest BCUT2D eigenvalue weighted by Gasteiger charge is 2.31. The fourth-order valence-corrected chi connectivity index (χ4v) is 5.67. The van der Waals surface area contributed by atoms with E-state index in [1.54, 1.807) is 4.90 Å². The molecular formula is C23H26N2O5S. The van der Waals surface area contributed by atoms with Gasteiger partial charge in [-0.3, -0.25) is 4.79 Å². The maximum absolute atomic E-state index is 12.9. The molecule has 0 saturated carbocycles. The highest BCUT2D eigenvalue weighted by molar-refractivity contribution is 7.89. The highest BCUT2D eigenvalue weighted by Crippen LogP contribution is 2.28. The summed E-state index contributed by atoms with van der Waals surface area (Å²) in [5.74, 6) is -1.01. The minimum Gasteiger partial charge on any atom is -0.449 e. The fraction of sp³-hybridized carbons (Fsp3) is 0.391. The van der Waals surface area contributed by atoms with Gasteiger partial charge in [-0.15, -0.1) is 0 Å². The van der Waals surface area contributed by atoms with Crippen LogP contribution in [0.2, 0.25) is 0 Å². The van der Waals surface area contributed by atoms with E-state index in [1.165, 1.54) is 35.5 Å². The molecule has 0 aromatic heterocycles. The highest BCUT2D eigenvalue weighted by atomic mass is 32.2. The third kappa shape index (κ3) is 4.36. The average molecular weight is 443 g/mol. The Kier molecular flexibility index (Phi) is 6.11. The Morgan fingerprint density at radius 3 is 2.48 bits per heavy atom. The predicted octanol–water partition coefficient (Wildman–Crippen LogP) is 3.00. The number of piperidine rings is 1. The molecule has 164 valence electrons. The van der Waals surface area contributed by atoms with Crippen LogP contribution in [0.15, 0.2) is 53.4 Å². The van der Waals surface area contributed by atoms with Crippen LogP contribution in [0.3, 0.4) is 0 Å². The van der Waals surface area contributed by atoms with Gasteiger partial charge in [0.25, 0.3) is 5.91 Å². The summed E-state index contributed by atoms with van der Waals surface area (Å²) < 4.78 is 32.6. The third-order valence-corrected chi connectivity index (χ3v) is 7.70. The van der Waals surface area contributed by atoms with E-state index in [0.29, 0.717) is 19.6 Å². The molecule has 1 fully saturated rings. The molecule has 0 unspecified atom stereocenters. The number of ether oxygens (including phenoxy) is 1. The molecule has 2 aliphatic heterocycles. The quantitative estimate of drug-likeness (QED) is 0.665. The van der Waals surface area contributed by atoms with Crippen LogP contribution in [-0.2, 0) is 26.0 Å². The van der Waals surface area contributed by atoms with E-state index in [0.717, 1.165) is 36.9 Å². The molecule has 2 aliphatic rings. The van der Waals surface area contributed by atoms with Crippen LogP contribution in [0.4, 0.5) is 5.69 Å². The first-order chi connectivity index (χ1) is 14.9. The lowest BCUT2D eigenvalue weighted by molar-refractivity contribution is -0.126. The molecule has 4 rings (SSSR count). The number of rotatable bonds is 5. The number of anilines is 1. The number of para-hydroxylation sites is 1. The van der Waals surface area contributed by atoms with E-state index in [2.05, 4.69) is 0 Å². The maximum Gasteiger partial charge on any atom is 0.338 e. The molecule has 1 amide bonds. The summed E-state index contributed by atoms with van der Waals surface area (Å²) in [5, 5.41) is 0. The summed E-state index contributed by atoms with van der Waals surface area (Å²) in [6.45, 7) is 3.05. The molecular weight excluding hydrogens is 416 g/mol. The van der Waals surface area contributed by atoms with E-state index in [1.807, 2.05) is 24.3 Å². The van der Waals surface area contributed by atoms with Crippen molar-refractivity contribution in [2.24, 2.45) is 0 Å². The van der Waals surface area contributed by atoms with E-state index in [9.17, 15) is 18.0 Å². The Morgan fingerprint density at radius 1 is 0.968 bits per heavy atom. The van der Waals surface area contributed by atoms with E-state index in [4.69, 9.17) is 4.74 Å². The van der Waals surface area contributed by atoms with Crippen molar-refractivity contribution in [1.29, 1.82) is 0 Å². The summed E-state index contributed by atoms with van der Waals surface area (Å²) in [6, 6.07) is 13.5. The Balaban J connectivity index is 1.46. The second-order valence-corrected chi connectivity index (χ2v) is 9.85. The molecule has 2 aromatic rings. The zero-order valence-electron chi connectivity index (χ0n) is 17.5. The summed E-state index contributed by atoms with van der Waals surface area (Å²) >= 11 is 0. The minimum atomic E-state index is -3.66. The monoisotopic (exact) mass is 442 g/mol. The molecule has 8 heteroatoms. The normalized spacial score (nSPS) is 17.8. The van der Waals surface area contributed by atoms with Gasteiger partial charge in [0.15, 0.2) is 6.10 Å². The van der Waals surface area contributed by atoms with Crippen molar-refractivity contribution < 1.29 is 22.7 Å². The van der Waals surface area contributed by atoms with Gasteiger partial charge in [0.2, 0.25) is 10.0 Å². The van der Waals surface area contributed by atoms with Crippen molar-refractivity contribution in [3.63, 3.8) is 0 Å². The molecule has 2 heterocycles. The van der Waals surface area contributed by atoms with Crippen LogP contribution >= 0.6 is 0 Å². The van der Waals surface area contributed by atoms with Crippen molar-refractivity contribution >= 4 is 27.6 Å². The standard InChI is InChI=1S/C23H26N2O5S/c1-17(22(26)25-15-12-18-8-3-4-11-21(18)25)30-23(27)19-9-7-10-20(16-19)31(28,29)24-13-5-2-6-14-24/h3-4,7-11,16-17H,2,5-6,12-15H2,1H3/t17-/m1/s1. The number of hydrogen-bond acceptors (Lipinski definition) is 5. The van der Waals surface area contributed by atoms with Crippen LogP contribution in [0, 0.1) is 0 Å². The van der Waals surface area contributed by atoms with Gasteiger partial charge in [-0.05, 0) is 56.0 Å². The smallest absolute Gasteiger partial charge is 0.338 e. The van der Waals surface area contributed by atoms with Gasteiger partial charge in [0.05, 0.1) is 10.5 Å². The number of benzene rings is 2. The van der Waals surface area contributed by atoms with Crippen LogP contribution in [0.25, 0.3) is 0 Å². The lowest BCUT2D eigenvalue weighted by Crippen LogP contribution is -2.39. The minimum absolute atomic E-state index is 0.0660. The van der Waals surface area contributed by atoms with Crippen LogP contribution < -0.4 is 4.90 Å². The molecule has 1 atom stereocenters. The number of fused-ring (bicyclic) bond motifs is 1. The van der Waals surface area contributed by atoms with E-state index >= 15 is 0 Å². The summed E-state index contributed by atoms with van der Waals surface area (Å²) in [4.78, 5) is 27.2. The number of nitrogens with zero attached hydrogens (tertiary/aromatic N) is 2. The molecule has 1 saturated heterocycles. The second-order valence-electron chi connectivity index (χ2n) is 7.91.